The predicted octanol–water partition coefficient (Wildman–Crippen LogP) is -1.56. The van der Waals surface area contributed by atoms with Gasteiger partial charge in [0.05, 0.1) is 25.6 Å². The summed E-state index contributed by atoms with van der Waals surface area (Å²) in [5.74, 6) is -1.25. The number of nitrogen functional groups attached to an aromatic ring is 1. The number of nitrogens with one attached hydrogen (secondary N) is 2. The molecule has 3 rings (SSSR count). The molecule has 0 bridgehead atoms. The summed E-state index contributed by atoms with van der Waals surface area (Å²) >= 11 is 0.939. The van der Waals surface area contributed by atoms with Crippen molar-refractivity contribution in [3.8, 4) is 0 Å². The number of aliphatic hydroxyl groups is 3. The number of phosphoric acid groups is 3. The average Bonchev–Trinajstić information content (AvgIpc) is 3.60. The van der Waals surface area contributed by atoms with Crippen LogP contribution in [-0.4, -0.2) is 134 Å². The smallest absolute Gasteiger partial charge is 0.393 e. The molecule has 8 atom stereocenters. The number of phosphoric ester groups is 3. The second-order valence-electron chi connectivity index (χ2n) is 12.3. The molecule has 0 aliphatic carbocycles. The lowest BCUT2D eigenvalue weighted by molar-refractivity contribution is -0.137. The van der Waals surface area contributed by atoms with E-state index in [2.05, 4.69) is 34.4 Å². The lowest BCUT2D eigenvalue weighted by Gasteiger charge is -2.30. The Kier molecular flexibility index (Phi) is 16.2. The number of hydrogen-bond donors (Lipinski definition) is 10. The number of rotatable bonds is 21. The molecule has 2 aromatic heterocycles. The minimum absolute atomic E-state index is 0.0259. The molecule has 0 saturated carbocycles. The van der Waals surface area contributed by atoms with E-state index in [1.54, 1.807) is 0 Å². The monoisotopic (exact) mass is 853 g/mol. The van der Waals surface area contributed by atoms with Crippen molar-refractivity contribution in [3.63, 3.8) is 0 Å². The first-order valence-corrected chi connectivity index (χ1v) is 21.1. The zero-order valence-corrected chi connectivity index (χ0v) is 32.3. The van der Waals surface area contributed by atoms with Crippen LogP contribution in [0.3, 0.4) is 0 Å². The molecule has 1 aliphatic heterocycles. The molecule has 11 N–H and O–H groups in total. The van der Waals surface area contributed by atoms with E-state index in [9.17, 15) is 63.0 Å². The number of nitrogens with two attached hydrogens (primary N) is 1. The predicted molar refractivity (Wildman–Crippen MR) is 183 cm³/mol. The molecule has 3 heterocycles. The van der Waals surface area contributed by atoms with Crippen LogP contribution in [0, 0.1) is 5.41 Å². The van der Waals surface area contributed by atoms with Gasteiger partial charge in [0.15, 0.2) is 22.8 Å². The van der Waals surface area contributed by atoms with Gasteiger partial charge >= 0.3 is 23.5 Å². The molecule has 25 nitrogen and oxygen atoms in total. The molecule has 2 amide bonds. The Bertz CT molecular complexity index is 1780. The second kappa shape index (κ2) is 19.1. The van der Waals surface area contributed by atoms with Crippen molar-refractivity contribution in [3.05, 3.63) is 12.7 Å². The first-order chi connectivity index (χ1) is 24.9. The minimum atomic E-state index is -5.57. The van der Waals surface area contributed by atoms with Crippen LogP contribution in [0.25, 0.3) is 11.2 Å². The summed E-state index contributed by atoms with van der Waals surface area (Å²) < 4.78 is 61.9. The van der Waals surface area contributed by atoms with Crippen LogP contribution in [0.5, 0.6) is 0 Å². The van der Waals surface area contributed by atoms with Gasteiger partial charge in [0, 0.05) is 37.1 Å². The third-order valence-corrected chi connectivity index (χ3v) is 11.2. The van der Waals surface area contributed by atoms with E-state index >= 15 is 0 Å². The molecule has 0 spiro atoms. The molecule has 1 aliphatic rings. The Hall–Kier alpha value is -2.48. The summed E-state index contributed by atoms with van der Waals surface area (Å²) in [5.41, 5.74) is 4.23. The summed E-state index contributed by atoms with van der Waals surface area (Å²) in [6, 6.07) is 0. The van der Waals surface area contributed by atoms with Crippen LogP contribution >= 0.6 is 35.2 Å². The summed E-state index contributed by atoms with van der Waals surface area (Å²) in [4.78, 5) is 86.9. The number of nitrogens with zero attached hydrogens (tertiary/aromatic N) is 4. The number of fused-ring (bicyclic) bond motifs is 1. The fourth-order valence-corrected chi connectivity index (χ4v) is 8.22. The number of ether oxygens (including phenoxy) is 1. The number of aromatic nitrogens is 4. The van der Waals surface area contributed by atoms with E-state index in [1.165, 1.54) is 20.8 Å². The van der Waals surface area contributed by atoms with E-state index in [1.807, 2.05) is 0 Å². The van der Waals surface area contributed by atoms with Gasteiger partial charge in [-0.2, -0.15) is 4.31 Å². The highest BCUT2D eigenvalue weighted by Crippen LogP contribution is 2.61. The summed E-state index contributed by atoms with van der Waals surface area (Å²) in [7, 11) is -16.4. The standard InChI is InChI=1S/C25H42N7O18P3S/c1-13(33)8-16(35)54-7-6-27-15(34)4-5-28-23(38)20(37)25(2,3)10-47-53(44,45)50-52(42,43)46-9-14-19(49-51(39,40)41)18(36)24(48-14)32-12-31-17-21(26)29-11-30-22(17)32/h11-14,18-20,24,33,36-37H,4-10H2,1-3H3,(H,27,34)(H,28,38)(H,42,43)(H,44,45)(H2,26,29,30)(H2,39,40,41)/t13?,14-,18?,19+,20+,24-/m1/s1. The number of carbonyl (C=O) groups is 3. The number of carbonyl (C=O) groups excluding carboxylic acids is 3. The number of amides is 2. The SMILES string of the molecule is CC(O)CC(=O)SCCNC(=O)CCNC(=O)[C@H](O)C(C)(C)COP(=O)(O)OP(=O)(O)OC[C@H]1O[C@@H](n2cnc3c(N)ncnc32)C(O)[C@H]1OP(=O)(O)O. The lowest BCUT2D eigenvalue weighted by atomic mass is 9.87. The van der Waals surface area contributed by atoms with Gasteiger partial charge in [0.25, 0.3) is 0 Å². The number of thioether (sulfide) groups is 1. The highest BCUT2D eigenvalue weighted by Gasteiger charge is 2.50. The van der Waals surface area contributed by atoms with Gasteiger partial charge < -0.3 is 56.0 Å². The van der Waals surface area contributed by atoms with E-state index in [0.717, 1.165) is 29.0 Å². The summed E-state index contributed by atoms with van der Waals surface area (Å²) in [5, 5.41) is 35.2. The number of imidazole rings is 1. The van der Waals surface area contributed by atoms with Crippen molar-refractivity contribution in [1.29, 1.82) is 0 Å². The fraction of sp³-hybridized carbons (Fsp3) is 0.680. The molecule has 1 saturated heterocycles. The normalized spacial score (nSPS) is 22.6. The maximum absolute atomic E-state index is 12.6. The molecule has 0 radical (unpaired) electrons. The number of aliphatic hydroxyl groups excluding tert-OH is 3. The van der Waals surface area contributed by atoms with E-state index < -0.39 is 90.7 Å². The zero-order valence-electron chi connectivity index (χ0n) is 28.8. The Balaban J connectivity index is 1.51. The highest BCUT2D eigenvalue weighted by atomic mass is 32.2. The van der Waals surface area contributed by atoms with Crippen molar-refractivity contribution in [2.24, 2.45) is 5.41 Å². The minimum Gasteiger partial charge on any atom is -0.393 e. The summed E-state index contributed by atoms with van der Waals surface area (Å²) in [6.45, 7) is 1.83. The zero-order chi connectivity index (χ0) is 40.6. The molecule has 54 heavy (non-hydrogen) atoms. The van der Waals surface area contributed by atoms with Gasteiger partial charge in [-0.15, -0.1) is 0 Å². The molecule has 0 aromatic carbocycles. The van der Waals surface area contributed by atoms with E-state index in [-0.39, 0.29) is 53.8 Å². The van der Waals surface area contributed by atoms with Crippen LogP contribution in [0.4, 0.5) is 5.82 Å². The van der Waals surface area contributed by atoms with Gasteiger partial charge in [-0.3, -0.25) is 32.5 Å². The number of hydrogen-bond acceptors (Lipinski definition) is 19. The first-order valence-electron chi connectivity index (χ1n) is 15.6. The van der Waals surface area contributed by atoms with Crippen molar-refractivity contribution in [2.75, 3.05) is 37.8 Å². The van der Waals surface area contributed by atoms with Crippen molar-refractivity contribution in [2.45, 2.75) is 70.4 Å². The molecular weight excluding hydrogens is 811 g/mol. The topological polar surface area (TPSA) is 384 Å². The van der Waals surface area contributed by atoms with Crippen molar-refractivity contribution < 1.29 is 85.6 Å². The van der Waals surface area contributed by atoms with E-state index in [0.29, 0.717) is 0 Å². The van der Waals surface area contributed by atoms with E-state index in [4.69, 9.17) is 19.5 Å². The van der Waals surface area contributed by atoms with Gasteiger partial charge in [-0.1, -0.05) is 25.6 Å². The number of anilines is 1. The van der Waals surface area contributed by atoms with Crippen LogP contribution in [0.15, 0.2) is 12.7 Å². The summed E-state index contributed by atoms with van der Waals surface area (Å²) in [6.07, 6.45) is -7.79. The van der Waals surface area contributed by atoms with Gasteiger partial charge in [0.1, 0.15) is 36.3 Å². The van der Waals surface area contributed by atoms with Crippen LogP contribution in [0.2, 0.25) is 0 Å². The molecule has 4 unspecified atom stereocenters. The van der Waals surface area contributed by atoms with Crippen molar-refractivity contribution in [1.82, 2.24) is 30.2 Å². The van der Waals surface area contributed by atoms with Gasteiger partial charge in [0.2, 0.25) is 11.8 Å². The Morgan fingerprint density at radius 2 is 1.72 bits per heavy atom. The highest BCUT2D eigenvalue weighted by molar-refractivity contribution is 8.13. The largest absolute Gasteiger partial charge is 0.481 e. The molecule has 2 aromatic rings. The maximum Gasteiger partial charge on any atom is 0.481 e. The van der Waals surface area contributed by atoms with Crippen LogP contribution in [0.1, 0.15) is 39.8 Å². The van der Waals surface area contributed by atoms with Crippen molar-refractivity contribution >= 4 is 69.1 Å². The average molecular weight is 854 g/mol. The Labute approximate surface area is 310 Å². The quantitative estimate of drug-likeness (QED) is 0.0501. The molecule has 1 fully saturated rings. The van der Waals surface area contributed by atoms with Crippen LogP contribution in [-0.2, 0) is 50.7 Å². The fourth-order valence-electron chi connectivity index (χ4n) is 4.60. The molecule has 29 heteroatoms. The molecule has 306 valence electrons. The van der Waals surface area contributed by atoms with Gasteiger partial charge in [-0.05, 0) is 6.92 Å². The Morgan fingerprint density at radius 3 is 2.37 bits per heavy atom. The van der Waals surface area contributed by atoms with Crippen LogP contribution < -0.4 is 16.4 Å². The lowest BCUT2D eigenvalue weighted by Crippen LogP contribution is -2.46. The first kappa shape index (κ1) is 45.9. The third kappa shape index (κ3) is 13.9. The van der Waals surface area contributed by atoms with Gasteiger partial charge in [-0.25, -0.2) is 28.6 Å². The second-order valence-corrected chi connectivity index (χ2v) is 17.7. The maximum atomic E-state index is 12.6. The Morgan fingerprint density at radius 1 is 1.06 bits per heavy atom. The molecular formula is C25H42N7O18P3S. The third-order valence-electron chi connectivity index (χ3n) is 7.23.